The van der Waals surface area contributed by atoms with Crippen LogP contribution in [0.15, 0.2) is 0 Å². The van der Waals surface area contributed by atoms with Crippen molar-refractivity contribution in [2.24, 2.45) is 11.8 Å². The van der Waals surface area contributed by atoms with E-state index in [9.17, 15) is 4.79 Å². The van der Waals surface area contributed by atoms with E-state index in [2.05, 4.69) is 17.2 Å². The maximum Gasteiger partial charge on any atom is 0.246 e. The van der Waals surface area contributed by atoms with Gasteiger partial charge in [0.2, 0.25) is 5.91 Å². The maximum absolute atomic E-state index is 11.5. The van der Waals surface area contributed by atoms with Gasteiger partial charge in [-0.1, -0.05) is 26.2 Å². The molecular formula is C12H23NO2. The summed E-state index contributed by atoms with van der Waals surface area (Å²) in [6.07, 6.45) is 8.44. The Morgan fingerprint density at radius 2 is 2.00 bits per heavy atom. The van der Waals surface area contributed by atoms with Crippen molar-refractivity contribution in [1.82, 2.24) is 5.48 Å². The second kappa shape index (κ2) is 6.83. The molecular weight excluding hydrogens is 190 g/mol. The van der Waals surface area contributed by atoms with E-state index in [1.807, 2.05) is 0 Å². The third-order valence-electron chi connectivity index (χ3n) is 3.39. The Morgan fingerprint density at radius 3 is 2.53 bits per heavy atom. The van der Waals surface area contributed by atoms with Crippen LogP contribution in [0.2, 0.25) is 0 Å². The van der Waals surface area contributed by atoms with Crippen LogP contribution in [0.5, 0.6) is 0 Å². The minimum Gasteiger partial charge on any atom is -0.277 e. The molecule has 15 heavy (non-hydrogen) atoms. The first-order chi connectivity index (χ1) is 7.27. The number of hydroxylamine groups is 1. The molecule has 1 saturated carbocycles. The molecule has 88 valence electrons. The molecule has 1 rings (SSSR count). The van der Waals surface area contributed by atoms with Crippen LogP contribution in [-0.4, -0.2) is 13.0 Å². The maximum atomic E-state index is 11.5. The summed E-state index contributed by atoms with van der Waals surface area (Å²) in [5.41, 5.74) is 2.43. The fraction of sp³-hybridized carbons (Fsp3) is 0.917. The van der Waals surface area contributed by atoms with Gasteiger partial charge in [-0.2, -0.15) is 0 Å². The van der Waals surface area contributed by atoms with E-state index < -0.39 is 0 Å². The van der Waals surface area contributed by atoms with E-state index in [1.54, 1.807) is 0 Å². The average Bonchev–Trinajstić information content (AvgIpc) is 2.27. The van der Waals surface area contributed by atoms with Gasteiger partial charge in [0, 0.05) is 5.92 Å². The first kappa shape index (κ1) is 12.5. The lowest BCUT2D eigenvalue weighted by molar-refractivity contribution is -0.136. The van der Waals surface area contributed by atoms with Gasteiger partial charge in [-0.15, -0.1) is 0 Å². The average molecular weight is 213 g/mol. The summed E-state index contributed by atoms with van der Waals surface area (Å²) in [7, 11) is 1.49. The normalized spacial score (nSPS) is 26.3. The predicted molar refractivity (Wildman–Crippen MR) is 60.1 cm³/mol. The second-order valence-corrected chi connectivity index (χ2v) is 4.53. The number of carbonyl (C=O) groups excluding carboxylic acids is 1. The minimum atomic E-state index is 0.0615. The largest absolute Gasteiger partial charge is 0.277 e. The number of amides is 1. The smallest absolute Gasteiger partial charge is 0.246 e. The van der Waals surface area contributed by atoms with Crippen molar-refractivity contribution in [3.63, 3.8) is 0 Å². The summed E-state index contributed by atoms with van der Waals surface area (Å²) in [4.78, 5) is 16.1. The first-order valence-corrected chi connectivity index (χ1v) is 6.10. The summed E-state index contributed by atoms with van der Waals surface area (Å²) in [5, 5.41) is 0. The van der Waals surface area contributed by atoms with Gasteiger partial charge < -0.3 is 0 Å². The molecule has 1 fully saturated rings. The Bertz CT molecular complexity index is 186. The summed E-state index contributed by atoms with van der Waals surface area (Å²) in [6.45, 7) is 2.23. The summed E-state index contributed by atoms with van der Waals surface area (Å²) < 4.78 is 0. The van der Waals surface area contributed by atoms with E-state index in [1.165, 1.54) is 39.2 Å². The van der Waals surface area contributed by atoms with E-state index >= 15 is 0 Å². The molecule has 1 amide bonds. The van der Waals surface area contributed by atoms with Crippen LogP contribution in [0.4, 0.5) is 0 Å². The van der Waals surface area contributed by atoms with Gasteiger partial charge in [-0.25, -0.2) is 5.48 Å². The Kier molecular flexibility index (Phi) is 5.69. The summed E-state index contributed by atoms with van der Waals surface area (Å²) >= 11 is 0. The minimum absolute atomic E-state index is 0.0615. The van der Waals surface area contributed by atoms with Gasteiger partial charge in [0.1, 0.15) is 0 Å². The van der Waals surface area contributed by atoms with Gasteiger partial charge in [-0.3, -0.25) is 9.63 Å². The van der Waals surface area contributed by atoms with Crippen LogP contribution in [-0.2, 0) is 9.63 Å². The Labute approximate surface area is 92.5 Å². The Hall–Kier alpha value is -0.570. The third-order valence-corrected chi connectivity index (χ3v) is 3.39. The van der Waals surface area contributed by atoms with Crippen LogP contribution in [0.3, 0.4) is 0 Å². The Balaban J connectivity index is 2.20. The van der Waals surface area contributed by atoms with Gasteiger partial charge in [-0.05, 0) is 31.6 Å². The van der Waals surface area contributed by atoms with Crippen molar-refractivity contribution in [2.45, 2.75) is 51.9 Å². The van der Waals surface area contributed by atoms with E-state index in [-0.39, 0.29) is 11.8 Å². The van der Waals surface area contributed by atoms with Crippen molar-refractivity contribution < 1.29 is 9.63 Å². The summed E-state index contributed by atoms with van der Waals surface area (Å²) in [6, 6.07) is 0. The molecule has 0 aromatic rings. The lowest BCUT2D eigenvalue weighted by Gasteiger charge is -2.27. The van der Waals surface area contributed by atoms with Crippen LogP contribution in [0.1, 0.15) is 51.9 Å². The van der Waals surface area contributed by atoms with E-state index in [0.29, 0.717) is 0 Å². The lowest BCUT2D eigenvalue weighted by atomic mass is 9.79. The van der Waals surface area contributed by atoms with Crippen LogP contribution >= 0.6 is 0 Å². The number of hydrogen-bond donors (Lipinski definition) is 1. The van der Waals surface area contributed by atoms with Crippen molar-refractivity contribution in [1.29, 1.82) is 0 Å². The topological polar surface area (TPSA) is 38.3 Å². The number of nitrogens with one attached hydrogen (secondary N) is 1. The zero-order chi connectivity index (χ0) is 11.1. The number of hydrogen-bond acceptors (Lipinski definition) is 2. The fourth-order valence-electron chi connectivity index (χ4n) is 2.39. The van der Waals surface area contributed by atoms with Crippen LogP contribution in [0.25, 0.3) is 0 Å². The molecule has 3 heteroatoms. The van der Waals surface area contributed by atoms with Gasteiger partial charge in [0.25, 0.3) is 0 Å². The molecule has 0 bridgehead atoms. The third kappa shape index (κ3) is 4.20. The predicted octanol–water partition coefficient (Wildman–Crippen LogP) is 2.66. The molecule has 0 aliphatic heterocycles. The highest BCUT2D eigenvalue weighted by molar-refractivity contribution is 5.77. The molecule has 3 nitrogen and oxygen atoms in total. The van der Waals surface area contributed by atoms with E-state index in [0.717, 1.165) is 18.8 Å². The molecule has 0 heterocycles. The van der Waals surface area contributed by atoms with Crippen molar-refractivity contribution in [3.05, 3.63) is 0 Å². The molecule has 0 radical (unpaired) electrons. The standard InChI is InChI=1S/C12H23NO2/c1-3-4-5-10-6-8-11(9-7-10)12(14)13-15-2/h10-11H,3-9H2,1-2H3,(H,13,14). The highest BCUT2D eigenvalue weighted by atomic mass is 16.6. The molecule has 1 N–H and O–H groups in total. The van der Waals surface area contributed by atoms with Crippen LogP contribution in [0, 0.1) is 11.8 Å². The summed E-state index contributed by atoms with van der Waals surface area (Å²) in [5.74, 6) is 1.10. The fourth-order valence-corrected chi connectivity index (χ4v) is 2.39. The number of carbonyl (C=O) groups is 1. The molecule has 0 atom stereocenters. The SMILES string of the molecule is CCCCC1CCC(C(=O)NOC)CC1. The zero-order valence-corrected chi connectivity index (χ0v) is 9.92. The quantitative estimate of drug-likeness (QED) is 0.713. The second-order valence-electron chi connectivity index (χ2n) is 4.53. The highest BCUT2D eigenvalue weighted by Gasteiger charge is 2.25. The molecule has 0 saturated heterocycles. The molecule has 1 aliphatic rings. The monoisotopic (exact) mass is 213 g/mol. The first-order valence-electron chi connectivity index (χ1n) is 6.10. The number of unbranched alkanes of at least 4 members (excludes halogenated alkanes) is 1. The Morgan fingerprint density at radius 1 is 1.33 bits per heavy atom. The molecule has 1 aliphatic carbocycles. The molecule has 0 aromatic heterocycles. The van der Waals surface area contributed by atoms with Gasteiger partial charge in [0.05, 0.1) is 7.11 Å². The van der Waals surface area contributed by atoms with Gasteiger partial charge in [0.15, 0.2) is 0 Å². The van der Waals surface area contributed by atoms with Crippen LogP contribution < -0.4 is 5.48 Å². The van der Waals surface area contributed by atoms with Crippen molar-refractivity contribution in [3.8, 4) is 0 Å². The van der Waals surface area contributed by atoms with Crippen molar-refractivity contribution >= 4 is 5.91 Å². The van der Waals surface area contributed by atoms with Crippen molar-refractivity contribution in [2.75, 3.05) is 7.11 Å². The lowest BCUT2D eigenvalue weighted by Crippen LogP contribution is -2.32. The molecule has 0 unspecified atom stereocenters. The molecule has 0 spiro atoms. The molecule has 0 aromatic carbocycles. The van der Waals surface area contributed by atoms with Gasteiger partial charge >= 0.3 is 0 Å². The van der Waals surface area contributed by atoms with E-state index in [4.69, 9.17) is 0 Å². The number of rotatable bonds is 5. The zero-order valence-electron chi connectivity index (χ0n) is 9.92. The highest BCUT2D eigenvalue weighted by Crippen LogP contribution is 2.31.